The Labute approximate surface area is 84.8 Å². The molecule has 4 heteroatoms. The van der Waals surface area contributed by atoms with Crippen LogP contribution >= 0.6 is 0 Å². The molecule has 0 aliphatic rings. The summed E-state index contributed by atoms with van der Waals surface area (Å²) in [7, 11) is 0. The molecule has 0 amide bonds. The molecule has 0 spiro atoms. The van der Waals surface area contributed by atoms with Crippen molar-refractivity contribution in [1.82, 2.24) is 0 Å². The Morgan fingerprint density at radius 1 is 0.929 bits per heavy atom. The summed E-state index contributed by atoms with van der Waals surface area (Å²) in [4.78, 5) is 0. The van der Waals surface area contributed by atoms with E-state index >= 15 is 0 Å². The van der Waals surface area contributed by atoms with Gasteiger partial charge in [-0.25, -0.2) is 0 Å². The molecule has 0 saturated carbocycles. The zero-order valence-corrected chi connectivity index (χ0v) is 8.69. The third-order valence-corrected chi connectivity index (χ3v) is 1.19. The maximum atomic E-state index is 8.83. The van der Waals surface area contributed by atoms with E-state index < -0.39 is 12.2 Å². The van der Waals surface area contributed by atoms with Gasteiger partial charge in [0.05, 0.1) is 25.4 Å². The summed E-state index contributed by atoms with van der Waals surface area (Å²) < 4.78 is 9.99. The third-order valence-electron chi connectivity index (χ3n) is 1.19. The van der Waals surface area contributed by atoms with E-state index in [0.717, 1.165) is 0 Å². The second kappa shape index (κ2) is 8.97. The minimum Gasteiger partial charge on any atom is -0.391 e. The van der Waals surface area contributed by atoms with Crippen LogP contribution in [0.1, 0.15) is 13.8 Å². The Morgan fingerprint density at radius 2 is 1.29 bits per heavy atom. The van der Waals surface area contributed by atoms with Crippen molar-refractivity contribution in [3.8, 4) is 11.8 Å². The zero-order chi connectivity index (χ0) is 10.8. The van der Waals surface area contributed by atoms with Crippen molar-refractivity contribution in [3.63, 3.8) is 0 Å². The maximum Gasteiger partial charge on any atom is 0.107 e. The van der Waals surface area contributed by atoms with Crippen LogP contribution in [0.2, 0.25) is 0 Å². The fraction of sp³-hybridized carbons (Fsp3) is 0.800. The summed E-state index contributed by atoms with van der Waals surface area (Å²) in [6.07, 6.45) is -0.911. The topological polar surface area (TPSA) is 58.9 Å². The average Bonchev–Trinajstić information content (AvgIpc) is 2.08. The van der Waals surface area contributed by atoms with Crippen molar-refractivity contribution in [2.24, 2.45) is 0 Å². The molecule has 0 fully saturated rings. The van der Waals surface area contributed by atoms with E-state index in [2.05, 4.69) is 11.8 Å². The van der Waals surface area contributed by atoms with Gasteiger partial charge >= 0.3 is 0 Å². The van der Waals surface area contributed by atoms with Crippen LogP contribution in [0, 0.1) is 11.8 Å². The highest BCUT2D eigenvalue weighted by Gasteiger charge is 1.93. The molecule has 0 aliphatic heterocycles. The molecule has 0 saturated heterocycles. The molecule has 82 valence electrons. The van der Waals surface area contributed by atoms with Crippen molar-refractivity contribution in [3.05, 3.63) is 0 Å². The second-order valence-electron chi connectivity index (χ2n) is 3.08. The second-order valence-corrected chi connectivity index (χ2v) is 3.08. The van der Waals surface area contributed by atoms with Crippen molar-refractivity contribution in [2.75, 3.05) is 26.4 Å². The van der Waals surface area contributed by atoms with Crippen molar-refractivity contribution in [1.29, 1.82) is 0 Å². The van der Waals surface area contributed by atoms with E-state index in [-0.39, 0.29) is 0 Å². The van der Waals surface area contributed by atoms with Crippen LogP contribution in [0.5, 0.6) is 0 Å². The van der Waals surface area contributed by atoms with Gasteiger partial charge in [-0.2, -0.15) is 0 Å². The van der Waals surface area contributed by atoms with E-state index in [4.69, 9.17) is 19.7 Å². The molecular weight excluding hydrogens is 184 g/mol. The lowest BCUT2D eigenvalue weighted by atomic mass is 10.4. The Kier molecular flexibility index (Phi) is 8.59. The number of hydrogen-bond acceptors (Lipinski definition) is 4. The third kappa shape index (κ3) is 11.4. The average molecular weight is 202 g/mol. The molecule has 2 atom stereocenters. The minimum atomic E-state index is -0.455. The summed E-state index contributed by atoms with van der Waals surface area (Å²) in [5.41, 5.74) is 0. The van der Waals surface area contributed by atoms with Gasteiger partial charge in [0.25, 0.3) is 0 Å². The monoisotopic (exact) mass is 202 g/mol. The molecule has 0 aromatic carbocycles. The molecular formula is C10H18O4. The lowest BCUT2D eigenvalue weighted by Crippen LogP contribution is -2.11. The number of aliphatic hydroxyl groups is 2. The Morgan fingerprint density at radius 3 is 1.57 bits per heavy atom. The van der Waals surface area contributed by atoms with Gasteiger partial charge in [-0.3, -0.25) is 0 Å². The summed E-state index contributed by atoms with van der Waals surface area (Å²) in [6, 6.07) is 0. The van der Waals surface area contributed by atoms with E-state index in [0.29, 0.717) is 26.4 Å². The van der Waals surface area contributed by atoms with Gasteiger partial charge < -0.3 is 19.7 Å². The van der Waals surface area contributed by atoms with E-state index in [9.17, 15) is 0 Å². The van der Waals surface area contributed by atoms with E-state index in [1.807, 2.05) is 0 Å². The fourth-order valence-corrected chi connectivity index (χ4v) is 0.663. The van der Waals surface area contributed by atoms with Crippen LogP contribution in [-0.2, 0) is 9.47 Å². The number of ether oxygens (including phenoxy) is 2. The molecule has 0 aromatic heterocycles. The molecule has 2 N–H and O–H groups in total. The smallest absolute Gasteiger partial charge is 0.107 e. The Bertz CT molecular complexity index is 160. The number of aliphatic hydroxyl groups excluding tert-OH is 2. The molecule has 0 aliphatic carbocycles. The summed E-state index contributed by atoms with van der Waals surface area (Å²) in [5.74, 6) is 5.45. The largest absolute Gasteiger partial charge is 0.391 e. The first kappa shape index (κ1) is 13.4. The normalized spacial score (nSPS) is 14.3. The van der Waals surface area contributed by atoms with E-state index in [1.54, 1.807) is 13.8 Å². The van der Waals surface area contributed by atoms with Crippen LogP contribution in [-0.4, -0.2) is 48.8 Å². The summed E-state index contributed by atoms with van der Waals surface area (Å²) in [6.45, 7) is 4.48. The van der Waals surface area contributed by atoms with Gasteiger partial charge in [-0.15, -0.1) is 0 Å². The standard InChI is InChI=1S/C10H18O4/c1-9(11)7-13-5-3-4-6-14-8-10(2)12/h9-12H,5-8H2,1-2H3. The first-order valence-electron chi connectivity index (χ1n) is 4.60. The molecule has 0 bridgehead atoms. The fourth-order valence-electron chi connectivity index (χ4n) is 0.663. The Balaban J connectivity index is 3.19. The Hall–Kier alpha value is -0.600. The highest BCUT2D eigenvalue weighted by molar-refractivity contribution is 4.99. The van der Waals surface area contributed by atoms with Gasteiger partial charge in [0.15, 0.2) is 0 Å². The highest BCUT2D eigenvalue weighted by Crippen LogP contribution is 1.82. The number of hydrogen-bond donors (Lipinski definition) is 2. The van der Waals surface area contributed by atoms with Crippen LogP contribution in [0.15, 0.2) is 0 Å². The van der Waals surface area contributed by atoms with Gasteiger partial charge in [0, 0.05) is 0 Å². The van der Waals surface area contributed by atoms with Gasteiger partial charge in [-0.1, -0.05) is 11.8 Å². The first-order valence-corrected chi connectivity index (χ1v) is 4.60. The van der Waals surface area contributed by atoms with E-state index in [1.165, 1.54) is 0 Å². The molecule has 14 heavy (non-hydrogen) atoms. The lowest BCUT2D eigenvalue weighted by molar-refractivity contribution is 0.0595. The molecule has 4 nitrogen and oxygen atoms in total. The zero-order valence-electron chi connectivity index (χ0n) is 8.69. The predicted octanol–water partition coefficient (Wildman–Crippen LogP) is -0.215. The summed E-state index contributed by atoms with van der Waals surface area (Å²) >= 11 is 0. The highest BCUT2D eigenvalue weighted by atomic mass is 16.5. The minimum absolute atomic E-state index is 0.295. The molecule has 0 radical (unpaired) electrons. The van der Waals surface area contributed by atoms with Crippen molar-refractivity contribution >= 4 is 0 Å². The van der Waals surface area contributed by atoms with Crippen molar-refractivity contribution in [2.45, 2.75) is 26.1 Å². The lowest BCUT2D eigenvalue weighted by Gasteiger charge is -2.02. The SMILES string of the molecule is CC(O)COCC#CCOCC(C)O. The molecule has 0 aromatic rings. The van der Waals surface area contributed by atoms with Crippen molar-refractivity contribution < 1.29 is 19.7 Å². The van der Waals surface area contributed by atoms with Gasteiger partial charge in [-0.05, 0) is 13.8 Å². The van der Waals surface area contributed by atoms with Gasteiger partial charge in [0.1, 0.15) is 13.2 Å². The van der Waals surface area contributed by atoms with Crippen LogP contribution in [0.3, 0.4) is 0 Å². The van der Waals surface area contributed by atoms with Crippen LogP contribution < -0.4 is 0 Å². The predicted molar refractivity (Wildman–Crippen MR) is 52.8 cm³/mol. The van der Waals surface area contributed by atoms with Gasteiger partial charge in [0.2, 0.25) is 0 Å². The first-order chi connectivity index (χ1) is 6.63. The molecule has 0 heterocycles. The van der Waals surface area contributed by atoms with Crippen LogP contribution in [0.4, 0.5) is 0 Å². The maximum absolute atomic E-state index is 8.83. The number of rotatable bonds is 6. The summed E-state index contributed by atoms with van der Waals surface area (Å²) in [5, 5.41) is 17.7. The molecule has 2 unspecified atom stereocenters. The molecule has 0 rings (SSSR count). The quantitative estimate of drug-likeness (QED) is 0.462. The van der Waals surface area contributed by atoms with Crippen LogP contribution in [0.25, 0.3) is 0 Å².